The standard InChI is InChI=1S/C13H27O.3C8H16O2.C4H9.2Sn.H/c1-4-7-10-13(14,11-8-5-2)12-9-6-3;3*1-3-5-6-7(4-2)8(9)10;1-3-4-2;;;/h4-12H2,1-3H3;3*7H,3-6H2,1-2H3,(H,9,10);1,3-4H2,2H3;;;/q-1;;;;;;+1;. The van der Waals surface area contributed by atoms with Crippen LogP contribution in [-0.4, -0.2) is 84.3 Å². The van der Waals surface area contributed by atoms with Gasteiger partial charge in [0.1, 0.15) is 0 Å². The normalized spacial score (nSPS) is 12.2. The molecule has 0 aliphatic heterocycles. The predicted octanol–water partition coefficient (Wildman–Crippen LogP) is 12.4. The van der Waals surface area contributed by atoms with E-state index in [-0.39, 0.29) is 23.4 Å². The van der Waals surface area contributed by atoms with Gasteiger partial charge in [-0.05, 0) is 38.5 Å². The molecule has 7 nitrogen and oxygen atoms in total. The summed E-state index contributed by atoms with van der Waals surface area (Å²) < 4.78 is 7.41. The molecular weight excluding hydrogens is 842 g/mol. The van der Waals surface area contributed by atoms with E-state index in [4.69, 9.17) is 18.4 Å². The summed E-state index contributed by atoms with van der Waals surface area (Å²) in [6, 6.07) is 0. The summed E-state index contributed by atoms with van der Waals surface area (Å²) in [7, 11) is 0. The zero-order valence-electron chi connectivity index (χ0n) is 34.8. The molecule has 0 aliphatic rings. The van der Waals surface area contributed by atoms with E-state index in [1.807, 2.05) is 20.8 Å². The van der Waals surface area contributed by atoms with E-state index in [1.54, 1.807) is 0 Å². The molecule has 9 heteroatoms. The second-order valence-electron chi connectivity index (χ2n) is 13.5. The summed E-state index contributed by atoms with van der Waals surface area (Å²) in [6.45, 7) is 21.1. The Hall–Kier alpha value is -0.0326. The first kappa shape index (κ1) is 59.3. The Balaban J connectivity index is -0.000000175. The second kappa shape index (κ2) is 47.0. The number of carbonyl (C=O) groups is 3. The summed E-state index contributed by atoms with van der Waals surface area (Å²) >= 11 is 2.70. The number of hydrogen-bond donors (Lipinski definition) is 3. The third kappa shape index (κ3) is 42.4. The fourth-order valence-electron chi connectivity index (χ4n) is 5.09. The van der Waals surface area contributed by atoms with Crippen LogP contribution < -0.4 is 0 Å². The molecule has 5 radical (unpaired) electrons. The van der Waals surface area contributed by atoms with Crippen molar-refractivity contribution in [1.82, 2.24) is 0 Å². The van der Waals surface area contributed by atoms with Crippen LogP contribution in [0.4, 0.5) is 0 Å². The van der Waals surface area contributed by atoms with Crippen LogP contribution in [0.2, 0.25) is 4.44 Å². The van der Waals surface area contributed by atoms with Gasteiger partial charge in [0.15, 0.2) is 0 Å². The number of unbranched alkanes of at least 4 members (excludes halogenated alkanes) is 7. The van der Waals surface area contributed by atoms with Gasteiger partial charge in [-0.3, -0.25) is 14.4 Å². The molecule has 299 valence electrons. The van der Waals surface area contributed by atoms with Gasteiger partial charge in [-0.15, -0.1) is 0 Å². The molecule has 0 rings (SSSR count). The van der Waals surface area contributed by atoms with Crippen LogP contribution in [0, 0.1) is 17.8 Å². The number of aliphatic carboxylic acids is 3. The van der Waals surface area contributed by atoms with Crippen molar-refractivity contribution in [3.63, 3.8) is 0 Å². The maximum absolute atomic E-state index is 10.4. The fourth-order valence-corrected chi connectivity index (χ4v) is 7.13. The summed E-state index contributed by atoms with van der Waals surface area (Å²) in [6.07, 6.45) is 25.6. The van der Waals surface area contributed by atoms with Gasteiger partial charge in [-0.25, -0.2) is 0 Å². The minimum absolute atomic E-state index is 0.111. The first-order valence-electron chi connectivity index (χ1n) is 20.5. The quantitative estimate of drug-likeness (QED) is 0.0702. The molecule has 0 spiro atoms. The fraction of sp³-hybridized carbons (Fsp3) is 0.927. The molecule has 0 aromatic carbocycles. The van der Waals surface area contributed by atoms with Crippen LogP contribution in [0.15, 0.2) is 0 Å². The molecule has 0 aromatic rings. The Labute approximate surface area is 338 Å². The predicted molar refractivity (Wildman–Crippen MR) is 218 cm³/mol. The van der Waals surface area contributed by atoms with Crippen molar-refractivity contribution in [2.24, 2.45) is 17.8 Å². The molecule has 0 aromatic heterocycles. The van der Waals surface area contributed by atoms with E-state index >= 15 is 0 Å². The van der Waals surface area contributed by atoms with Crippen molar-refractivity contribution in [2.45, 2.75) is 227 Å². The molecule has 0 bridgehead atoms. The van der Waals surface area contributed by atoms with Gasteiger partial charge >= 0.3 is 175 Å². The minimum atomic E-state index is -0.643. The summed E-state index contributed by atoms with van der Waals surface area (Å²) in [5.41, 5.74) is 0.236. The first-order chi connectivity index (χ1) is 23.8. The van der Waals surface area contributed by atoms with Crippen LogP contribution in [0.3, 0.4) is 0 Å². The van der Waals surface area contributed by atoms with Gasteiger partial charge in [0.25, 0.3) is 0 Å². The van der Waals surface area contributed by atoms with Gasteiger partial charge < -0.3 is 15.3 Å². The van der Waals surface area contributed by atoms with E-state index in [2.05, 4.69) is 48.5 Å². The Morgan fingerprint density at radius 2 is 0.740 bits per heavy atom. The van der Waals surface area contributed by atoms with Crippen LogP contribution in [-0.2, 0) is 17.5 Å². The Kier molecular flexibility index (Phi) is 55.7. The van der Waals surface area contributed by atoms with Gasteiger partial charge in [0.05, 0.1) is 17.8 Å². The zero-order chi connectivity index (χ0) is 39.6. The monoisotopic (exact) mass is 929 g/mol. The van der Waals surface area contributed by atoms with Gasteiger partial charge in [-0.1, -0.05) is 80.1 Å². The number of hydrogen-bond acceptors (Lipinski definition) is 4. The maximum atomic E-state index is 10.4. The average Bonchev–Trinajstić information content (AvgIpc) is 3.10. The Morgan fingerprint density at radius 1 is 0.500 bits per heavy atom. The van der Waals surface area contributed by atoms with Crippen LogP contribution in [0.1, 0.15) is 217 Å². The van der Waals surface area contributed by atoms with Crippen molar-refractivity contribution in [2.75, 3.05) is 0 Å². The van der Waals surface area contributed by atoms with Crippen molar-refractivity contribution in [3.05, 3.63) is 0 Å². The molecule has 50 heavy (non-hydrogen) atoms. The molecule has 3 unspecified atom stereocenters. The third-order valence-corrected chi connectivity index (χ3v) is 11.4. The first-order valence-corrected chi connectivity index (χ1v) is 24.0. The molecule has 0 saturated heterocycles. The molecule has 3 atom stereocenters. The van der Waals surface area contributed by atoms with Crippen LogP contribution in [0.25, 0.3) is 0 Å². The number of rotatable bonds is 27. The average molecular weight is 928 g/mol. The van der Waals surface area contributed by atoms with Crippen molar-refractivity contribution >= 4 is 63.4 Å². The zero-order valence-corrected chi connectivity index (χ0v) is 40.9. The number of carboxylic acids is 3. The van der Waals surface area contributed by atoms with E-state index < -0.39 is 17.9 Å². The van der Waals surface area contributed by atoms with Crippen molar-refractivity contribution < 1.29 is 32.8 Å². The second-order valence-corrected chi connectivity index (χ2v) is 15.7. The molecule has 0 heterocycles. The molecule has 0 fully saturated rings. The van der Waals surface area contributed by atoms with E-state index in [1.165, 1.54) is 121 Å². The Bertz CT molecular complexity index is 621. The van der Waals surface area contributed by atoms with Crippen LogP contribution >= 0.6 is 0 Å². The topological polar surface area (TPSA) is 121 Å². The van der Waals surface area contributed by atoms with Gasteiger partial charge in [0, 0.05) is 0 Å². The molecule has 0 amide bonds. The summed E-state index contributed by atoms with van der Waals surface area (Å²) in [4.78, 5) is 31.3. The Morgan fingerprint density at radius 3 is 0.860 bits per heavy atom. The van der Waals surface area contributed by atoms with Gasteiger partial charge in [0.2, 0.25) is 0 Å². The van der Waals surface area contributed by atoms with E-state index in [0.717, 1.165) is 77.0 Å². The molecule has 0 aliphatic carbocycles. The van der Waals surface area contributed by atoms with E-state index in [0.29, 0.717) is 0 Å². The molecular formula is C41H85O7Sn2. The molecule has 3 N–H and O–H groups in total. The summed E-state index contributed by atoms with van der Waals surface area (Å²) in [5.74, 6) is -2.26. The number of carboxylic acid groups (broad SMARTS) is 3. The summed E-state index contributed by atoms with van der Waals surface area (Å²) in [5, 5.41) is 25.8. The molecule has 0 saturated carbocycles. The van der Waals surface area contributed by atoms with Gasteiger partial charge in [-0.2, -0.15) is 0 Å². The third-order valence-electron chi connectivity index (χ3n) is 8.98. The van der Waals surface area contributed by atoms with Crippen LogP contribution in [0.5, 0.6) is 0 Å². The van der Waals surface area contributed by atoms with Crippen molar-refractivity contribution in [3.8, 4) is 0 Å². The SMILES string of the molecule is CCCCC(CC)C(=O)O.CCCCC(CC)C(=O)O.CCCCC(CC)C(=O)O.CCCCC(CCCC)(CCCC)[O][Sn].CCC[CH2][SnH]. The van der Waals surface area contributed by atoms with Crippen molar-refractivity contribution in [1.29, 1.82) is 0 Å². The van der Waals surface area contributed by atoms with E-state index in [9.17, 15) is 14.4 Å².